The molecule has 0 bridgehead atoms. The Balaban J connectivity index is 3.28. The summed E-state index contributed by atoms with van der Waals surface area (Å²) in [7, 11) is 0. The van der Waals surface area contributed by atoms with Crippen LogP contribution in [0.5, 0.6) is 0 Å². The maximum absolute atomic E-state index is 11.5. The Morgan fingerprint density at radius 2 is 1.38 bits per heavy atom. The van der Waals surface area contributed by atoms with Crippen molar-refractivity contribution in [3.63, 3.8) is 0 Å². The quantitative estimate of drug-likeness (QED) is 0.649. The van der Waals surface area contributed by atoms with Crippen LogP contribution >= 0.6 is 0 Å². The van der Waals surface area contributed by atoms with E-state index in [0.717, 1.165) is 0 Å². The molecule has 80 valence electrons. The Hall–Kier alpha value is -0.290. The fraction of sp³-hybridized carbons (Fsp3) is 1.00. The highest BCUT2D eigenvalue weighted by molar-refractivity contribution is 4.58. The first-order valence-electron chi connectivity index (χ1n) is 4.05. The molecule has 0 aliphatic heterocycles. The van der Waals surface area contributed by atoms with Crippen molar-refractivity contribution >= 4 is 0 Å². The van der Waals surface area contributed by atoms with Crippen LogP contribution in [0.1, 0.15) is 27.2 Å². The molecule has 0 fully saturated rings. The molecule has 5 heteroatoms. The van der Waals surface area contributed by atoms with E-state index >= 15 is 0 Å². The molecule has 0 unspecified atom stereocenters. The van der Waals surface area contributed by atoms with E-state index in [-0.39, 0.29) is 25.2 Å². The van der Waals surface area contributed by atoms with Crippen molar-refractivity contribution in [2.24, 2.45) is 0 Å². The van der Waals surface area contributed by atoms with Crippen molar-refractivity contribution in [3.8, 4) is 0 Å². The van der Waals surface area contributed by atoms with E-state index < -0.39 is 6.36 Å². The Kier molecular flexibility index (Phi) is 4.70. The van der Waals surface area contributed by atoms with Gasteiger partial charge in [0.1, 0.15) is 0 Å². The first-order valence-corrected chi connectivity index (χ1v) is 4.05. The maximum Gasteiger partial charge on any atom is 0.522 e. The second-order valence-electron chi connectivity index (χ2n) is 3.61. The lowest BCUT2D eigenvalue weighted by atomic mass is 10.2. The topological polar surface area (TPSA) is 18.5 Å². The van der Waals surface area contributed by atoms with Crippen molar-refractivity contribution in [3.05, 3.63) is 0 Å². The number of rotatable bonds is 4. The van der Waals surface area contributed by atoms with Gasteiger partial charge in [-0.05, 0) is 27.2 Å². The first-order chi connectivity index (χ1) is 5.71. The molecule has 0 amide bonds. The van der Waals surface area contributed by atoms with Gasteiger partial charge in [-0.25, -0.2) is 0 Å². The standard InChI is InChI=1S/C8H15F3O2/c1-7(2,3)12-5-4-6-13-8(9,10)11/h4-6H2,1-3H3. The number of hydrogen-bond donors (Lipinski definition) is 0. The van der Waals surface area contributed by atoms with E-state index in [2.05, 4.69) is 4.74 Å². The third kappa shape index (κ3) is 11.7. The molecular formula is C8H15F3O2. The van der Waals surface area contributed by atoms with Crippen LogP contribution in [0.2, 0.25) is 0 Å². The molecule has 0 atom stereocenters. The monoisotopic (exact) mass is 200 g/mol. The summed E-state index contributed by atoms with van der Waals surface area (Å²) >= 11 is 0. The van der Waals surface area contributed by atoms with Crippen LogP contribution in [0.25, 0.3) is 0 Å². The zero-order valence-electron chi connectivity index (χ0n) is 8.07. The molecule has 0 aliphatic rings. The molecule has 2 nitrogen and oxygen atoms in total. The van der Waals surface area contributed by atoms with Crippen molar-refractivity contribution in [1.29, 1.82) is 0 Å². The van der Waals surface area contributed by atoms with E-state index in [1.54, 1.807) is 0 Å². The Morgan fingerprint density at radius 3 is 1.77 bits per heavy atom. The third-order valence-electron chi connectivity index (χ3n) is 1.09. The van der Waals surface area contributed by atoms with Gasteiger partial charge in [-0.1, -0.05) is 0 Å². The van der Waals surface area contributed by atoms with Gasteiger partial charge in [0.05, 0.1) is 12.2 Å². The van der Waals surface area contributed by atoms with Crippen molar-refractivity contribution < 1.29 is 22.6 Å². The van der Waals surface area contributed by atoms with Gasteiger partial charge in [0.25, 0.3) is 0 Å². The second kappa shape index (κ2) is 4.81. The van der Waals surface area contributed by atoms with Gasteiger partial charge in [0.2, 0.25) is 0 Å². The van der Waals surface area contributed by atoms with Crippen molar-refractivity contribution in [2.75, 3.05) is 13.2 Å². The molecule has 0 aliphatic carbocycles. The van der Waals surface area contributed by atoms with Crippen LogP contribution in [0.3, 0.4) is 0 Å². The fourth-order valence-corrected chi connectivity index (χ4v) is 0.625. The van der Waals surface area contributed by atoms with Gasteiger partial charge < -0.3 is 4.74 Å². The minimum Gasteiger partial charge on any atom is -0.376 e. The molecule has 0 aromatic carbocycles. The average molecular weight is 200 g/mol. The largest absolute Gasteiger partial charge is 0.522 e. The summed E-state index contributed by atoms with van der Waals surface area (Å²) in [5.74, 6) is 0. The normalized spacial score (nSPS) is 13.4. The van der Waals surface area contributed by atoms with Crippen LogP contribution in [0.15, 0.2) is 0 Å². The summed E-state index contributed by atoms with van der Waals surface area (Å²) in [6, 6.07) is 0. The molecule has 0 saturated heterocycles. The summed E-state index contributed by atoms with van der Waals surface area (Å²) in [6.07, 6.45) is -4.28. The van der Waals surface area contributed by atoms with Crippen LogP contribution in [0.4, 0.5) is 13.2 Å². The van der Waals surface area contributed by atoms with Gasteiger partial charge in [-0.3, -0.25) is 4.74 Å². The Bertz CT molecular complexity index is 121. The average Bonchev–Trinajstić information content (AvgIpc) is 1.81. The lowest BCUT2D eigenvalue weighted by molar-refractivity contribution is -0.325. The Morgan fingerprint density at radius 1 is 0.923 bits per heavy atom. The van der Waals surface area contributed by atoms with Gasteiger partial charge in [-0.15, -0.1) is 13.2 Å². The molecule has 0 spiro atoms. The number of alkyl halides is 3. The smallest absolute Gasteiger partial charge is 0.376 e. The summed E-state index contributed by atoms with van der Waals surface area (Å²) in [6.45, 7) is 5.46. The summed E-state index contributed by atoms with van der Waals surface area (Å²) < 4.78 is 43.1. The van der Waals surface area contributed by atoms with E-state index in [9.17, 15) is 13.2 Å². The molecule has 0 aromatic rings. The first kappa shape index (κ1) is 12.7. The van der Waals surface area contributed by atoms with Crippen LogP contribution in [-0.4, -0.2) is 25.2 Å². The SMILES string of the molecule is CC(C)(C)OCCCOC(F)(F)F. The molecule has 0 heterocycles. The number of ether oxygens (including phenoxy) is 2. The lowest BCUT2D eigenvalue weighted by Crippen LogP contribution is -2.21. The highest BCUT2D eigenvalue weighted by Crippen LogP contribution is 2.16. The minimum absolute atomic E-state index is 0.247. The highest BCUT2D eigenvalue weighted by atomic mass is 19.4. The van der Waals surface area contributed by atoms with E-state index in [4.69, 9.17) is 4.74 Å². The predicted molar refractivity (Wildman–Crippen MR) is 42.3 cm³/mol. The Labute approximate surface area is 76.0 Å². The van der Waals surface area contributed by atoms with E-state index in [1.807, 2.05) is 20.8 Å². The zero-order valence-corrected chi connectivity index (χ0v) is 8.07. The van der Waals surface area contributed by atoms with E-state index in [1.165, 1.54) is 0 Å². The summed E-state index contributed by atoms with van der Waals surface area (Å²) in [5, 5.41) is 0. The molecule has 0 aromatic heterocycles. The minimum atomic E-state index is -4.53. The number of halogens is 3. The summed E-state index contributed by atoms with van der Waals surface area (Å²) in [5.41, 5.74) is -0.307. The number of hydrogen-bond acceptors (Lipinski definition) is 2. The van der Waals surface area contributed by atoms with Gasteiger partial charge in [-0.2, -0.15) is 0 Å². The molecule has 0 radical (unpaired) electrons. The summed E-state index contributed by atoms with van der Waals surface area (Å²) in [4.78, 5) is 0. The van der Waals surface area contributed by atoms with Crippen LogP contribution in [0, 0.1) is 0 Å². The zero-order chi connectivity index (χ0) is 10.5. The van der Waals surface area contributed by atoms with Crippen molar-refractivity contribution in [2.45, 2.75) is 39.2 Å². The molecule has 0 rings (SSSR count). The highest BCUT2D eigenvalue weighted by Gasteiger charge is 2.28. The third-order valence-corrected chi connectivity index (χ3v) is 1.09. The van der Waals surface area contributed by atoms with E-state index in [0.29, 0.717) is 0 Å². The van der Waals surface area contributed by atoms with Crippen LogP contribution < -0.4 is 0 Å². The molecule has 0 saturated carbocycles. The molecule has 13 heavy (non-hydrogen) atoms. The molecular weight excluding hydrogens is 185 g/mol. The molecule has 0 N–H and O–H groups in total. The fourth-order valence-electron chi connectivity index (χ4n) is 0.625. The lowest BCUT2D eigenvalue weighted by Gasteiger charge is -2.19. The van der Waals surface area contributed by atoms with Crippen LogP contribution in [-0.2, 0) is 9.47 Å². The van der Waals surface area contributed by atoms with Crippen molar-refractivity contribution in [1.82, 2.24) is 0 Å². The predicted octanol–water partition coefficient (Wildman–Crippen LogP) is 2.73. The van der Waals surface area contributed by atoms with Gasteiger partial charge in [0, 0.05) is 6.61 Å². The maximum atomic E-state index is 11.5. The van der Waals surface area contributed by atoms with Gasteiger partial charge in [0.15, 0.2) is 0 Å². The van der Waals surface area contributed by atoms with Gasteiger partial charge >= 0.3 is 6.36 Å². The second-order valence-corrected chi connectivity index (χ2v) is 3.61.